The monoisotopic (exact) mass is 228 g/mol. The summed E-state index contributed by atoms with van der Waals surface area (Å²) in [5.74, 6) is 0.841. The Morgan fingerprint density at radius 1 is 1.24 bits per heavy atom. The fourth-order valence-corrected chi connectivity index (χ4v) is 1.74. The SMILES string of the molecule is C=Cc1oc2ccc(C)cc2c1/C=C\C.CC. The maximum atomic E-state index is 5.69. The van der Waals surface area contributed by atoms with E-state index in [1.807, 2.05) is 32.9 Å². The lowest BCUT2D eigenvalue weighted by molar-refractivity contribution is 0.603. The molecule has 0 N–H and O–H groups in total. The number of benzene rings is 1. The molecule has 1 aromatic heterocycles. The third kappa shape index (κ3) is 2.68. The standard InChI is InChI=1S/C14H14O.C2H6/c1-4-6-11-12-9-10(3)7-8-14(12)15-13(11)5-2;1-2/h4-9H,2H2,1,3H3;1-2H3/b6-4-;. The molecule has 90 valence electrons. The van der Waals surface area contributed by atoms with Crippen molar-refractivity contribution in [1.29, 1.82) is 0 Å². The average molecular weight is 228 g/mol. The van der Waals surface area contributed by atoms with Crippen molar-refractivity contribution < 1.29 is 4.42 Å². The van der Waals surface area contributed by atoms with Crippen LogP contribution >= 0.6 is 0 Å². The predicted octanol–water partition coefficient (Wildman–Crippen LogP) is 5.44. The Balaban J connectivity index is 0.000000686. The topological polar surface area (TPSA) is 13.1 Å². The smallest absolute Gasteiger partial charge is 0.135 e. The van der Waals surface area contributed by atoms with E-state index in [-0.39, 0.29) is 0 Å². The van der Waals surface area contributed by atoms with E-state index in [4.69, 9.17) is 4.42 Å². The number of rotatable bonds is 2. The van der Waals surface area contributed by atoms with E-state index in [0.29, 0.717) is 0 Å². The number of allylic oxidation sites excluding steroid dienone is 1. The Hall–Kier alpha value is -1.76. The zero-order valence-corrected chi connectivity index (χ0v) is 11.1. The maximum Gasteiger partial charge on any atom is 0.135 e. The highest BCUT2D eigenvalue weighted by molar-refractivity contribution is 5.91. The highest BCUT2D eigenvalue weighted by atomic mass is 16.3. The van der Waals surface area contributed by atoms with Crippen LogP contribution in [0, 0.1) is 6.92 Å². The number of furan rings is 1. The van der Waals surface area contributed by atoms with Gasteiger partial charge in [0.05, 0.1) is 0 Å². The minimum atomic E-state index is 0.841. The third-order valence-electron chi connectivity index (χ3n) is 2.43. The predicted molar refractivity (Wildman–Crippen MR) is 77.1 cm³/mol. The Morgan fingerprint density at radius 2 is 1.94 bits per heavy atom. The number of hydrogen-bond donors (Lipinski definition) is 0. The van der Waals surface area contributed by atoms with Gasteiger partial charge in [0.25, 0.3) is 0 Å². The molecule has 0 saturated carbocycles. The molecular formula is C16H20O. The van der Waals surface area contributed by atoms with Crippen LogP contribution in [0.3, 0.4) is 0 Å². The van der Waals surface area contributed by atoms with Crippen LogP contribution in [0.4, 0.5) is 0 Å². The van der Waals surface area contributed by atoms with E-state index in [2.05, 4.69) is 31.7 Å². The molecule has 0 aliphatic rings. The van der Waals surface area contributed by atoms with E-state index < -0.39 is 0 Å². The van der Waals surface area contributed by atoms with Crippen LogP contribution in [-0.4, -0.2) is 0 Å². The molecule has 1 nitrogen and oxygen atoms in total. The van der Waals surface area contributed by atoms with Crippen LogP contribution in [0.15, 0.2) is 35.3 Å². The lowest BCUT2D eigenvalue weighted by Gasteiger charge is -1.93. The highest BCUT2D eigenvalue weighted by Crippen LogP contribution is 2.28. The van der Waals surface area contributed by atoms with Crippen LogP contribution in [0.5, 0.6) is 0 Å². The van der Waals surface area contributed by atoms with Gasteiger partial charge in [0.15, 0.2) is 0 Å². The Kier molecular flexibility index (Phi) is 4.77. The fourth-order valence-electron chi connectivity index (χ4n) is 1.74. The normalized spacial score (nSPS) is 10.4. The summed E-state index contributed by atoms with van der Waals surface area (Å²) in [6.45, 7) is 11.8. The van der Waals surface area contributed by atoms with Crippen LogP contribution in [-0.2, 0) is 0 Å². The minimum Gasteiger partial charge on any atom is -0.456 e. The largest absolute Gasteiger partial charge is 0.456 e. The molecule has 0 radical (unpaired) electrons. The fraction of sp³-hybridized carbons (Fsp3) is 0.250. The van der Waals surface area contributed by atoms with E-state index in [1.165, 1.54) is 5.56 Å². The molecule has 1 aromatic carbocycles. The van der Waals surface area contributed by atoms with Gasteiger partial charge in [-0.25, -0.2) is 0 Å². The summed E-state index contributed by atoms with van der Waals surface area (Å²) in [4.78, 5) is 0. The van der Waals surface area contributed by atoms with Gasteiger partial charge in [-0.3, -0.25) is 0 Å². The van der Waals surface area contributed by atoms with Gasteiger partial charge < -0.3 is 4.42 Å². The zero-order chi connectivity index (χ0) is 12.8. The van der Waals surface area contributed by atoms with Crippen LogP contribution < -0.4 is 0 Å². The van der Waals surface area contributed by atoms with Gasteiger partial charge in [0, 0.05) is 10.9 Å². The quantitative estimate of drug-likeness (QED) is 0.666. The first-order valence-corrected chi connectivity index (χ1v) is 6.04. The van der Waals surface area contributed by atoms with E-state index in [9.17, 15) is 0 Å². The molecule has 1 heteroatoms. The molecule has 0 unspecified atom stereocenters. The molecule has 0 fully saturated rings. The molecule has 17 heavy (non-hydrogen) atoms. The van der Waals surface area contributed by atoms with Gasteiger partial charge in [-0.05, 0) is 32.1 Å². The van der Waals surface area contributed by atoms with Crippen LogP contribution in [0.1, 0.15) is 37.7 Å². The van der Waals surface area contributed by atoms with Gasteiger partial charge in [0.1, 0.15) is 11.3 Å². The summed E-state index contributed by atoms with van der Waals surface area (Å²) >= 11 is 0. The summed E-state index contributed by atoms with van der Waals surface area (Å²) in [5, 5.41) is 1.16. The molecular weight excluding hydrogens is 208 g/mol. The van der Waals surface area contributed by atoms with Crippen molar-refractivity contribution in [2.75, 3.05) is 0 Å². The van der Waals surface area contributed by atoms with E-state index in [0.717, 1.165) is 22.3 Å². The van der Waals surface area contributed by atoms with Crippen molar-refractivity contribution in [2.24, 2.45) is 0 Å². The summed E-state index contributed by atoms with van der Waals surface area (Å²) in [6, 6.07) is 6.20. The lowest BCUT2D eigenvalue weighted by atomic mass is 10.1. The van der Waals surface area contributed by atoms with Crippen LogP contribution in [0.2, 0.25) is 0 Å². The van der Waals surface area contributed by atoms with Crippen molar-refractivity contribution in [1.82, 2.24) is 0 Å². The van der Waals surface area contributed by atoms with Crippen molar-refractivity contribution in [3.63, 3.8) is 0 Å². The molecule has 0 aliphatic carbocycles. The van der Waals surface area contributed by atoms with Gasteiger partial charge in [-0.15, -0.1) is 0 Å². The third-order valence-corrected chi connectivity index (χ3v) is 2.43. The number of hydrogen-bond acceptors (Lipinski definition) is 1. The van der Waals surface area contributed by atoms with Crippen LogP contribution in [0.25, 0.3) is 23.1 Å². The Labute approximate surface area is 103 Å². The minimum absolute atomic E-state index is 0.841. The number of fused-ring (bicyclic) bond motifs is 1. The van der Waals surface area contributed by atoms with Crippen molar-refractivity contribution in [2.45, 2.75) is 27.7 Å². The van der Waals surface area contributed by atoms with E-state index >= 15 is 0 Å². The first-order valence-electron chi connectivity index (χ1n) is 6.04. The lowest BCUT2D eigenvalue weighted by Crippen LogP contribution is -1.74. The second-order valence-electron chi connectivity index (χ2n) is 3.58. The summed E-state index contributed by atoms with van der Waals surface area (Å²) in [6.07, 6.45) is 5.83. The first-order chi connectivity index (χ1) is 8.26. The van der Waals surface area contributed by atoms with E-state index in [1.54, 1.807) is 6.08 Å². The highest BCUT2D eigenvalue weighted by Gasteiger charge is 2.08. The molecule has 2 rings (SSSR count). The summed E-state index contributed by atoms with van der Waals surface area (Å²) in [5.41, 5.74) is 3.28. The second-order valence-corrected chi connectivity index (χ2v) is 3.58. The maximum absolute atomic E-state index is 5.69. The molecule has 0 atom stereocenters. The zero-order valence-electron chi connectivity index (χ0n) is 11.1. The Bertz CT molecular complexity index is 530. The van der Waals surface area contributed by atoms with Gasteiger partial charge >= 0.3 is 0 Å². The number of aryl methyl sites for hydroxylation is 1. The Morgan fingerprint density at radius 3 is 2.53 bits per heavy atom. The summed E-state index contributed by atoms with van der Waals surface area (Å²) < 4.78 is 5.69. The van der Waals surface area contributed by atoms with Crippen molar-refractivity contribution in [3.05, 3.63) is 47.7 Å². The molecule has 0 bridgehead atoms. The molecule has 2 aromatic rings. The molecule has 0 saturated heterocycles. The first kappa shape index (κ1) is 13.3. The van der Waals surface area contributed by atoms with Gasteiger partial charge in [-0.1, -0.05) is 44.2 Å². The molecule has 1 heterocycles. The van der Waals surface area contributed by atoms with Gasteiger partial charge in [0.2, 0.25) is 0 Å². The average Bonchev–Trinajstić information content (AvgIpc) is 2.70. The molecule has 0 amide bonds. The second kappa shape index (κ2) is 6.09. The summed E-state index contributed by atoms with van der Waals surface area (Å²) in [7, 11) is 0. The van der Waals surface area contributed by atoms with Gasteiger partial charge in [-0.2, -0.15) is 0 Å². The molecule has 0 aliphatic heterocycles. The molecule has 0 spiro atoms. The van der Waals surface area contributed by atoms with Crippen molar-refractivity contribution in [3.8, 4) is 0 Å². The van der Waals surface area contributed by atoms with Crippen molar-refractivity contribution >= 4 is 23.1 Å².